The van der Waals surface area contributed by atoms with E-state index in [1.807, 2.05) is 22.6 Å². The number of benzene rings is 1. The van der Waals surface area contributed by atoms with E-state index in [-0.39, 0.29) is 5.56 Å². The van der Waals surface area contributed by atoms with Gasteiger partial charge in [0.25, 0.3) is 0 Å². The monoisotopic (exact) mass is 410 g/mol. The van der Waals surface area contributed by atoms with Crippen LogP contribution in [0.25, 0.3) is 0 Å². The maximum atomic E-state index is 13.2. The summed E-state index contributed by atoms with van der Waals surface area (Å²) in [4.78, 5) is 3.78. The summed E-state index contributed by atoms with van der Waals surface area (Å²) in [6.07, 6.45) is -2.18. The molecule has 1 aromatic heterocycles. The lowest BCUT2D eigenvalue weighted by atomic mass is 9.96. The van der Waals surface area contributed by atoms with E-state index in [4.69, 9.17) is 0 Å². The van der Waals surface area contributed by atoms with Gasteiger partial charge in [-0.05, 0) is 53.4 Å². The highest BCUT2D eigenvalue weighted by molar-refractivity contribution is 14.1. The average Bonchev–Trinajstić information content (AvgIpc) is 2.41. The Morgan fingerprint density at radius 2 is 1.90 bits per heavy atom. The molecule has 112 valence electrons. The highest BCUT2D eigenvalue weighted by Crippen LogP contribution is 2.36. The Morgan fingerprint density at radius 3 is 2.48 bits per heavy atom. The molecule has 2 nitrogen and oxygen atoms in total. The van der Waals surface area contributed by atoms with Crippen molar-refractivity contribution < 1.29 is 17.6 Å². The molecule has 0 aliphatic rings. The molecule has 7 heteroatoms. The first-order valence-corrected chi connectivity index (χ1v) is 7.05. The molecule has 0 saturated carbocycles. The molecule has 1 atom stereocenters. The van der Waals surface area contributed by atoms with Crippen LogP contribution in [0.1, 0.15) is 22.7 Å². The van der Waals surface area contributed by atoms with Gasteiger partial charge in [0.15, 0.2) is 0 Å². The molecule has 1 heterocycles. The normalized spacial score (nSPS) is 13.2. The van der Waals surface area contributed by atoms with Crippen molar-refractivity contribution in [3.8, 4) is 0 Å². The lowest BCUT2D eigenvalue weighted by molar-refractivity contribution is -0.138. The van der Waals surface area contributed by atoms with Gasteiger partial charge in [0.1, 0.15) is 5.82 Å². The lowest BCUT2D eigenvalue weighted by Gasteiger charge is -2.22. The molecule has 0 bridgehead atoms. The summed E-state index contributed by atoms with van der Waals surface area (Å²) in [6.45, 7) is 0. The first-order chi connectivity index (χ1) is 9.84. The molecule has 0 radical (unpaired) electrons. The molecule has 1 unspecified atom stereocenters. The lowest BCUT2D eigenvalue weighted by Crippen LogP contribution is -2.23. The van der Waals surface area contributed by atoms with E-state index in [2.05, 4.69) is 10.3 Å². The fourth-order valence-electron chi connectivity index (χ4n) is 2.11. The van der Waals surface area contributed by atoms with Gasteiger partial charge in [0, 0.05) is 21.5 Å². The topological polar surface area (TPSA) is 24.9 Å². The van der Waals surface area contributed by atoms with E-state index in [0.29, 0.717) is 9.13 Å². The van der Waals surface area contributed by atoms with Crippen LogP contribution in [0.4, 0.5) is 17.6 Å². The van der Waals surface area contributed by atoms with E-state index in [1.54, 1.807) is 7.05 Å². The minimum Gasteiger partial charge on any atom is -0.309 e. The third-order valence-electron chi connectivity index (χ3n) is 3.03. The first-order valence-electron chi connectivity index (χ1n) is 5.98. The van der Waals surface area contributed by atoms with Gasteiger partial charge in [-0.3, -0.25) is 4.98 Å². The SMILES string of the molecule is CNC(c1ccc(F)cc1I)c1cnccc1C(F)(F)F. The standard InChI is InChI=1S/C14H11F4IN2/c1-20-13(9-3-2-8(15)6-12(9)19)10-7-21-5-4-11(10)14(16,17)18/h2-7,13,20H,1H3. The Hall–Kier alpha value is -1.22. The van der Waals surface area contributed by atoms with Crippen molar-refractivity contribution in [1.82, 2.24) is 10.3 Å². The minimum absolute atomic E-state index is 0.0111. The zero-order valence-corrected chi connectivity index (χ0v) is 13.0. The summed E-state index contributed by atoms with van der Waals surface area (Å²) in [5.41, 5.74) is -0.174. The quantitative estimate of drug-likeness (QED) is 0.608. The average molecular weight is 410 g/mol. The smallest absolute Gasteiger partial charge is 0.309 e. The number of nitrogens with one attached hydrogen (secondary N) is 1. The van der Waals surface area contributed by atoms with Crippen LogP contribution < -0.4 is 5.32 Å². The summed E-state index contributed by atoms with van der Waals surface area (Å²) in [5.74, 6) is -0.430. The van der Waals surface area contributed by atoms with Gasteiger partial charge >= 0.3 is 6.18 Å². The van der Waals surface area contributed by atoms with Gasteiger partial charge in [0.2, 0.25) is 0 Å². The number of pyridine rings is 1. The number of hydrogen-bond acceptors (Lipinski definition) is 2. The van der Waals surface area contributed by atoms with Crippen LogP contribution in [-0.2, 0) is 6.18 Å². The fourth-order valence-corrected chi connectivity index (χ4v) is 2.90. The van der Waals surface area contributed by atoms with Gasteiger partial charge in [-0.25, -0.2) is 4.39 Å². The molecule has 0 aliphatic heterocycles. The van der Waals surface area contributed by atoms with Crippen molar-refractivity contribution in [1.29, 1.82) is 0 Å². The van der Waals surface area contributed by atoms with Crippen LogP contribution in [0.5, 0.6) is 0 Å². The van der Waals surface area contributed by atoms with Gasteiger partial charge in [0.05, 0.1) is 11.6 Å². The number of rotatable bonds is 3. The zero-order chi connectivity index (χ0) is 15.6. The van der Waals surface area contributed by atoms with Crippen LogP contribution in [0, 0.1) is 9.39 Å². The summed E-state index contributed by atoms with van der Waals surface area (Å²) >= 11 is 1.90. The predicted molar refractivity (Wildman–Crippen MR) is 79.3 cm³/mol. The van der Waals surface area contributed by atoms with E-state index >= 15 is 0 Å². The van der Waals surface area contributed by atoms with E-state index in [0.717, 1.165) is 12.3 Å². The zero-order valence-electron chi connectivity index (χ0n) is 10.9. The molecule has 0 aliphatic carbocycles. The predicted octanol–water partition coefficient (Wildman–Crippen LogP) is 4.15. The largest absolute Gasteiger partial charge is 0.416 e. The summed E-state index contributed by atoms with van der Waals surface area (Å²) in [5, 5.41) is 2.84. The number of nitrogens with zero attached hydrogens (tertiary/aromatic N) is 1. The molecule has 1 aromatic carbocycles. The number of halogens is 5. The van der Waals surface area contributed by atoms with Gasteiger partial charge in [-0.1, -0.05) is 6.07 Å². The van der Waals surface area contributed by atoms with Crippen molar-refractivity contribution in [3.05, 3.63) is 62.7 Å². The third kappa shape index (κ3) is 3.52. The van der Waals surface area contributed by atoms with Crippen LogP contribution in [0.15, 0.2) is 36.7 Å². The Labute approximate surface area is 132 Å². The van der Waals surface area contributed by atoms with Crippen LogP contribution in [-0.4, -0.2) is 12.0 Å². The highest BCUT2D eigenvalue weighted by atomic mass is 127. The van der Waals surface area contributed by atoms with Crippen molar-refractivity contribution in [3.63, 3.8) is 0 Å². The van der Waals surface area contributed by atoms with Crippen molar-refractivity contribution in [2.45, 2.75) is 12.2 Å². The van der Waals surface area contributed by atoms with Crippen molar-refractivity contribution in [2.75, 3.05) is 7.05 Å². The fraction of sp³-hybridized carbons (Fsp3) is 0.214. The summed E-state index contributed by atoms with van der Waals surface area (Å²) in [7, 11) is 1.55. The van der Waals surface area contributed by atoms with E-state index < -0.39 is 23.6 Å². The number of alkyl halides is 3. The molecule has 2 rings (SSSR count). The van der Waals surface area contributed by atoms with E-state index in [9.17, 15) is 17.6 Å². The molecular formula is C14H11F4IN2. The molecule has 2 aromatic rings. The third-order valence-corrected chi connectivity index (χ3v) is 3.96. The van der Waals surface area contributed by atoms with Crippen LogP contribution >= 0.6 is 22.6 Å². The molecule has 0 saturated heterocycles. The maximum Gasteiger partial charge on any atom is 0.416 e. The highest BCUT2D eigenvalue weighted by Gasteiger charge is 2.35. The molecule has 21 heavy (non-hydrogen) atoms. The van der Waals surface area contributed by atoms with E-state index in [1.165, 1.54) is 24.4 Å². The Morgan fingerprint density at radius 1 is 1.19 bits per heavy atom. The molecule has 0 amide bonds. The molecule has 1 N–H and O–H groups in total. The van der Waals surface area contributed by atoms with Crippen molar-refractivity contribution >= 4 is 22.6 Å². The maximum absolute atomic E-state index is 13.2. The van der Waals surface area contributed by atoms with Gasteiger partial charge in [-0.15, -0.1) is 0 Å². The summed E-state index contributed by atoms with van der Waals surface area (Å²) < 4.78 is 53.0. The number of hydrogen-bond donors (Lipinski definition) is 1. The van der Waals surface area contributed by atoms with Crippen LogP contribution in [0.2, 0.25) is 0 Å². The Balaban J connectivity index is 2.57. The molecular weight excluding hydrogens is 399 g/mol. The number of aromatic nitrogens is 1. The van der Waals surface area contributed by atoms with Gasteiger partial charge < -0.3 is 5.32 Å². The van der Waals surface area contributed by atoms with Crippen molar-refractivity contribution in [2.24, 2.45) is 0 Å². The Kier molecular flexibility index (Phi) is 4.82. The second kappa shape index (κ2) is 6.27. The Bertz CT molecular complexity index is 643. The second-order valence-corrected chi connectivity index (χ2v) is 5.51. The minimum atomic E-state index is -4.47. The van der Waals surface area contributed by atoms with Gasteiger partial charge in [-0.2, -0.15) is 13.2 Å². The second-order valence-electron chi connectivity index (χ2n) is 4.35. The summed E-state index contributed by atoms with van der Waals surface area (Å²) in [6, 6.07) is 4.21. The molecule has 0 spiro atoms. The molecule has 0 fully saturated rings. The first kappa shape index (κ1) is 16.2. The van der Waals surface area contributed by atoms with Crippen LogP contribution in [0.3, 0.4) is 0 Å².